The first-order chi connectivity index (χ1) is 16.3. The van der Waals surface area contributed by atoms with Crippen molar-refractivity contribution in [2.75, 3.05) is 31.1 Å². The molecule has 0 bridgehead atoms. The van der Waals surface area contributed by atoms with Gasteiger partial charge in [-0.1, -0.05) is 53.3 Å². The van der Waals surface area contributed by atoms with Gasteiger partial charge in [0.05, 0.1) is 27.3 Å². The molecule has 1 aliphatic rings. The van der Waals surface area contributed by atoms with Crippen LogP contribution < -0.4 is 9.77 Å². The molecular formula is C24H21ClFN3O3S2. The molecule has 1 fully saturated rings. The first kappa shape index (κ1) is 23.0. The maximum Gasteiger partial charge on any atom is 0.308 e. The van der Waals surface area contributed by atoms with Crippen LogP contribution >= 0.6 is 22.9 Å². The highest BCUT2D eigenvalue weighted by atomic mass is 35.5. The predicted molar refractivity (Wildman–Crippen MR) is 134 cm³/mol. The highest BCUT2D eigenvalue weighted by molar-refractivity contribution is 7.89. The molecule has 1 saturated heterocycles. The quantitative estimate of drug-likeness (QED) is 0.393. The van der Waals surface area contributed by atoms with Crippen LogP contribution in [-0.4, -0.2) is 43.5 Å². The van der Waals surface area contributed by atoms with Gasteiger partial charge in [-0.15, -0.1) is 0 Å². The zero-order valence-corrected chi connectivity index (χ0v) is 20.4. The molecule has 34 heavy (non-hydrogen) atoms. The predicted octanol–water partition coefficient (Wildman–Crippen LogP) is 4.41. The first-order valence-corrected chi connectivity index (χ1v) is 13.3. The van der Waals surface area contributed by atoms with Crippen LogP contribution in [0.5, 0.6) is 0 Å². The molecule has 10 heteroatoms. The Morgan fingerprint density at radius 1 is 0.941 bits per heavy atom. The third-order valence-electron chi connectivity index (χ3n) is 6.00. The lowest BCUT2D eigenvalue weighted by Gasteiger charge is -2.35. The van der Waals surface area contributed by atoms with Gasteiger partial charge in [-0.05, 0) is 42.0 Å². The molecule has 0 amide bonds. The Kier molecular flexibility index (Phi) is 6.20. The number of thiazole rings is 1. The van der Waals surface area contributed by atoms with Gasteiger partial charge < -0.3 is 4.90 Å². The summed E-state index contributed by atoms with van der Waals surface area (Å²) in [6, 6.07) is 18.6. The Hall–Kier alpha value is -2.72. The van der Waals surface area contributed by atoms with Gasteiger partial charge in [0.2, 0.25) is 10.0 Å². The van der Waals surface area contributed by atoms with Crippen molar-refractivity contribution < 1.29 is 12.8 Å². The van der Waals surface area contributed by atoms with E-state index in [1.165, 1.54) is 16.4 Å². The van der Waals surface area contributed by atoms with Crippen molar-refractivity contribution >= 4 is 48.9 Å². The first-order valence-electron chi connectivity index (χ1n) is 10.7. The summed E-state index contributed by atoms with van der Waals surface area (Å²) < 4.78 is 44.3. The van der Waals surface area contributed by atoms with E-state index < -0.39 is 10.0 Å². The monoisotopic (exact) mass is 517 g/mol. The van der Waals surface area contributed by atoms with Gasteiger partial charge >= 0.3 is 4.87 Å². The Labute approximate surface area is 205 Å². The zero-order chi connectivity index (χ0) is 23.9. The van der Waals surface area contributed by atoms with Gasteiger partial charge in [0.25, 0.3) is 0 Å². The van der Waals surface area contributed by atoms with Crippen molar-refractivity contribution in [3.8, 4) is 0 Å². The van der Waals surface area contributed by atoms with E-state index in [4.69, 9.17) is 11.6 Å². The minimum atomic E-state index is -3.75. The SMILES string of the molecule is O=c1sc2cc(S(=O)(=O)N3CCN(c4ccccc4F)CC3)ccc2n1Cc1ccccc1Cl. The van der Waals surface area contributed by atoms with Gasteiger partial charge in [0.15, 0.2) is 0 Å². The third kappa shape index (κ3) is 4.24. The number of nitrogens with zero attached hydrogens (tertiary/aromatic N) is 3. The molecule has 0 atom stereocenters. The number of para-hydroxylation sites is 1. The van der Waals surface area contributed by atoms with E-state index in [1.807, 2.05) is 23.1 Å². The molecule has 0 spiro atoms. The van der Waals surface area contributed by atoms with E-state index in [-0.39, 0.29) is 28.7 Å². The second-order valence-electron chi connectivity index (χ2n) is 8.02. The summed E-state index contributed by atoms with van der Waals surface area (Å²) in [6.45, 7) is 1.59. The van der Waals surface area contributed by atoms with Crippen LogP contribution in [-0.2, 0) is 16.6 Å². The molecular weight excluding hydrogens is 497 g/mol. The lowest BCUT2D eigenvalue weighted by atomic mass is 10.2. The van der Waals surface area contributed by atoms with Gasteiger partial charge in [0.1, 0.15) is 5.82 Å². The Morgan fingerprint density at radius 2 is 1.65 bits per heavy atom. The maximum atomic E-state index is 14.1. The van der Waals surface area contributed by atoms with Gasteiger partial charge in [-0.25, -0.2) is 12.8 Å². The van der Waals surface area contributed by atoms with E-state index in [0.717, 1.165) is 16.9 Å². The second kappa shape index (κ2) is 9.14. The number of anilines is 1. The van der Waals surface area contributed by atoms with E-state index in [1.54, 1.807) is 41.0 Å². The number of sulfonamides is 1. The fourth-order valence-electron chi connectivity index (χ4n) is 4.18. The number of aromatic nitrogens is 1. The number of piperazine rings is 1. The zero-order valence-electron chi connectivity index (χ0n) is 18.0. The molecule has 4 aromatic rings. The van der Waals surface area contributed by atoms with Crippen molar-refractivity contribution in [2.24, 2.45) is 0 Å². The van der Waals surface area contributed by atoms with Crippen LogP contribution in [0.3, 0.4) is 0 Å². The molecule has 3 aromatic carbocycles. The fraction of sp³-hybridized carbons (Fsp3) is 0.208. The second-order valence-corrected chi connectivity index (χ2v) is 11.4. The molecule has 2 heterocycles. The van der Waals surface area contributed by atoms with Crippen molar-refractivity contribution in [1.29, 1.82) is 0 Å². The molecule has 1 aromatic heterocycles. The van der Waals surface area contributed by atoms with Crippen LogP contribution in [0.1, 0.15) is 5.56 Å². The number of hydrogen-bond donors (Lipinski definition) is 0. The standard InChI is InChI=1S/C24H21ClFN3O3S2/c25-19-6-2-1-5-17(19)16-29-22-10-9-18(15-23(22)33-24(29)30)34(31,32)28-13-11-27(12-14-28)21-8-4-3-7-20(21)26/h1-10,15H,11-14,16H2. The lowest BCUT2D eigenvalue weighted by Crippen LogP contribution is -2.48. The van der Waals surface area contributed by atoms with E-state index in [9.17, 15) is 17.6 Å². The van der Waals surface area contributed by atoms with Crippen LogP contribution in [0.4, 0.5) is 10.1 Å². The normalized spacial score (nSPS) is 15.2. The fourth-order valence-corrected chi connectivity index (χ4v) is 6.83. The highest BCUT2D eigenvalue weighted by Crippen LogP contribution is 2.27. The van der Waals surface area contributed by atoms with Crippen LogP contribution in [0.15, 0.2) is 76.4 Å². The number of benzene rings is 3. The van der Waals surface area contributed by atoms with Crippen LogP contribution in [0, 0.1) is 5.82 Å². The van der Waals surface area contributed by atoms with Crippen molar-refractivity contribution in [2.45, 2.75) is 11.4 Å². The summed E-state index contributed by atoms with van der Waals surface area (Å²) in [5.41, 5.74) is 1.96. The van der Waals surface area contributed by atoms with Crippen molar-refractivity contribution in [1.82, 2.24) is 8.87 Å². The van der Waals surface area contributed by atoms with Crippen molar-refractivity contribution in [3.63, 3.8) is 0 Å². The van der Waals surface area contributed by atoms with E-state index >= 15 is 0 Å². The summed E-state index contributed by atoms with van der Waals surface area (Å²) in [5, 5.41) is 0.572. The minimum absolute atomic E-state index is 0.144. The summed E-state index contributed by atoms with van der Waals surface area (Å²) in [4.78, 5) is 14.5. The van der Waals surface area contributed by atoms with Crippen LogP contribution in [0.2, 0.25) is 5.02 Å². The van der Waals surface area contributed by atoms with Crippen molar-refractivity contribution in [3.05, 3.63) is 92.8 Å². The molecule has 0 radical (unpaired) electrons. The number of fused-ring (bicyclic) bond motifs is 1. The minimum Gasteiger partial charge on any atom is -0.367 e. The molecule has 0 unspecified atom stereocenters. The van der Waals surface area contributed by atoms with Crippen LogP contribution in [0.25, 0.3) is 10.2 Å². The lowest BCUT2D eigenvalue weighted by molar-refractivity contribution is 0.383. The molecule has 176 valence electrons. The van der Waals surface area contributed by atoms with E-state index in [2.05, 4.69) is 0 Å². The Bertz CT molecular complexity index is 1530. The van der Waals surface area contributed by atoms with Gasteiger partial charge in [-0.2, -0.15) is 4.31 Å². The largest absolute Gasteiger partial charge is 0.367 e. The number of rotatable bonds is 5. The molecule has 1 aliphatic heterocycles. The average molecular weight is 518 g/mol. The molecule has 0 N–H and O–H groups in total. The molecule has 6 nitrogen and oxygen atoms in total. The molecule has 0 aliphatic carbocycles. The number of hydrogen-bond acceptors (Lipinski definition) is 5. The molecule has 0 saturated carbocycles. The third-order valence-corrected chi connectivity index (χ3v) is 9.20. The van der Waals surface area contributed by atoms with E-state index in [0.29, 0.717) is 40.6 Å². The smallest absolute Gasteiger partial charge is 0.308 e. The maximum absolute atomic E-state index is 14.1. The molecule has 5 rings (SSSR count). The average Bonchev–Trinajstić information content (AvgIpc) is 3.15. The van der Waals surface area contributed by atoms with Gasteiger partial charge in [0, 0.05) is 31.2 Å². The van der Waals surface area contributed by atoms with Gasteiger partial charge in [-0.3, -0.25) is 9.36 Å². The summed E-state index contributed by atoms with van der Waals surface area (Å²) >= 11 is 7.26. The Morgan fingerprint density at radius 3 is 2.38 bits per heavy atom. The number of halogens is 2. The summed E-state index contributed by atoms with van der Waals surface area (Å²) in [5.74, 6) is -0.319. The highest BCUT2D eigenvalue weighted by Gasteiger charge is 2.29. The Balaban J connectivity index is 1.38. The summed E-state index contributed by atoms with van der Waals surface area (Å²) in [7, 11) is -3.75. The summed E-state index contributed by atoms with van der Waals surface area (Å²) in [6.07, 6.45) is 0. The topological polar surface area (TPSA) is 62.6 Å².